The van der Waals surface area contributed by atoms with Crippen LogP contribution in [0.2, 0.25) is 5.02 Å². The van der Waals surface area contributed by atoms with Crippen LogP contribution in [0, 0.1) is 5.82 Å². The number of piperidine rings is 2. The second-order valence-electron chi connectivity index (χ2n) is 8.59. The quantitative estimate of drug-likeness (QED) is 0.584. The number of amides is 1. The lowest BCUT2D eigenvalue weighted by molar-refractivity contribution is 0.0585. The third-order valence-corrected chi connectivity index (χ3v) is 6.94. The minimum absolute atomic E-state index is 0.0247. The van der Waals surface area contributed by atoms with Crippen molar-refractivity contribution in [2.45, 2.75) is 38.1 Å². The van der Waals surface area contributed by atoms with Gasteiger partial charge < -0.3 is 19.3 Å². The summed E-state index contributed by atoms with van der Waals surface area (Å²) < 4.78 is 19.9. The van der Waals surface area contributed by atoms with Crippen LogP contribution in [0.25, 0.3) is 22.5 Å². The Morgan fingerprint density at radius 1 is 1.12 bits per heavy atom. The first-order chi connectivity index (χ1) is 15.6. The highest BCUT2D eigenvalue weighted by atomic mass is 35.5. The molecule has 5 rings (SSSR count). The fourth-order valence-corrected chi connectivity index (χ4v) is 5.06. The van der Waals surface area contributed by atoms with Gasteiger partial charge in [0.05, 0.1) is 16.8 Å². The summed E-state index contributed by atoms with van der Waals surface area (Å²) in [6, 6.07) is 7.13. The number of rotatable bonds is 4. The second-order valence-corrected chi connectivity index (χ2v) is 9.00. The number of aromatic nitrogens is 2. The maximum Gasteiger partial charge on any atom is 0.270 e. The van der Waals surface area contributed by atoms with Gasteiger partial charge in [0.1, 0.15) is 11.5 Å². The smallest absolute Gasteiger partial charge is 0.270 e. The standard InChI is InChI=1S/C24H26ClFN4O2/c25-20-6-4-5-18(22(20)26)19-15-28-32-23(19)16-13-21(27-14-16)24(31)30-11-7-17(8-12-30)29-9-2-1-3-10-29/h4-6,13-15,17,27H,1-3,7-12H2. The third kappa shape index (κ3) is 4.07. The highest BCUT2D eigenvalue weighted by Gasteiger charge is 2.29. The van der Waals surface area contributed by atoms with Gasteiger partial charge in [-0.3, -0.25) is 4.79 Å². The first kappa shape index (κ1) is 21.2. The van der Waals surface area contributed by atoms with Crippen molar-refractivity contribution in [1.82, 2.24) is 19.9 Å². The van der Waals surface area contributed by atoms with Gasteiger partial charge in [-0.15, -0.1) is 0 Å². The molecule has 2 fully saturated rings. The SMILES string of the molecule is O=C(c1cc(-c2oncc2-c2cccc(Cl)c2F)c[nH]1)N1CCC(N2CCCCC2)CC1. The van der Waals surface area contributed by atoms with Gasteiger partial charge in [-0.1, -0.05) is 35.3 Å². The molecular weight excluding hydrogens is 431 g/mol. The Kier molecular flexibility index (Phi) is 6.02. The molecule has 6 nitrogen and oxygen atoms in total. The molecule has 168 valence electrons. The van der Waals surface area contributed by atoms with Gasteiger partial charge in [-0.25, -0.2) is 4.39 Å². The molecule has 0 atom stereocenters. The number of benzene rings is 1. The number of hydrogen-bond donors (Lipinski definition) is 1. The Hall–Kier alpha value is -2.64. The number of halogens is 2. The van der Waals surface area contributed by atoms with Crippen molar-refractivity contribution in [3.63, 3.8) is 0 Å². The van der Waals surface area contributed by atoms with Crippen LogP contribution in [0.5, 0.6) is 0 Å². The fraction of sp³-hybridized carbons (Fsp3) is 0.417. The van der Waals surface area contributed by atoms with Crippen LogP contribution in [-0.2, 0) is 0 Å². The second kappa shape index (κ2) is 9.08. The summed E-state index contributed by atoms with van der Waals surface area (Å²) in [7, 11) is 0. The maximum absolute atomic E-state index is 14.5. The highest BCUT2D eigenvalue weighted by molar-refractivity contribution is 6.31. The Morgan fingerprint density at radius 2 is 1.91 bits per heavy atom. The molecule has 4 heterocycles. The summed E-state index contributed by atoms with van der Waals surface area (Å²) >= 11 is 5.94. The number of aromatic amines is 1. The minimum Gasteiger partial charge on any atom is -0.356 e. The molecule has 0 spiro atoms. The molecule has 1 aromatic carbocycles. The van der Waals surface area contributed by atoms with Gasteiger partial charge in [-0.05, 0) is 50.9 Å². The largest absolute Gasteiger partial charge is 0.356 e. The first-order valence-electron chi connectivity index (χ1n) is 11.2. The average molecular weight is 457 g/mol. The number of H-pyrrole nitrogens is 1. The van der Waals surface area contributed by atoms with E-state index in [4.69, 9.17) is 16.1 Å². The van der Waals surface area contributed by atoms with E-state index in [2.05, 4.69) is 15.0 Å². The van der Waals surface area contributed by atoms with Crippen molar-refractivity contribution in [1.29, 1.82) is 0 Å². The van der Waals surface area contributed by atoms with Crippen LogP contribution in [0.3, 0.4) is 0 Å². The lowest BCUT2D eigenvalue weighted by Crippen LogP contribution is -2.48. The number of hydrogen-bond acceptors (Lipinski definition) is 4. The van der Waals surface area contributed by atoms with E-state index in [-0.39, 0.29) is 10.9 Å². The van der Waals surface area contributed by atoms with Crippen LogP contribution >= 0.6 is 11.6 Å². The highest BCUT2D eigenvalue weighted by Crippen LogP contribution is 2.36. The van der Waals surface area contributed by atoms with E-state index >= 15 is 0 Å². The van der Waals surface area contributed by atoms with Crippen LogP contribution < -0.4 is 0 Å². The topological polar surface area (TPSA) is 65.4 Å². The molecule has 1 amide bonds. The van der Waals surface area contributed by atoms with Crippen molar-refractivity contribution >= 4 is 17.5 Å². The van der Waals surface area contributed by atoms with Gasteiger partial charge in [-0.2, -0.15) is 0 Å². The van der Waals surface area contributed by atoms with Crippen LogP contribution in [0.4, 0.5) is 4.39 Å². The molecule has 0 saturated carbocycles. The Morgan fingerprint density at radius 3 is 2.69 bits per heavy atom. The van der Waals surface area contributed by atoms with Gasteiger partial charge in [0.25, 0.3) is 5.91 Å². The first-order valence-corrected chi connectivity index (χ1v) is 11.6. The third-order valence-electron chi connectivity index (χ3n) is 6.65. The van der Waals surface area contributed by atoms with Gasteiger partial charge in [0.2, 0.25) is 0 Å². The molecule has 8 heteroatoms. The summed E-state index contributed by atoms with van der Waals surface area (Å²) in [4.78, 5) is 20.6. The lowest BCUT2D eigenvalue weighted by atomic mass is 9.99. The number of nitrogens with zero attached hydrogens (tertiary/aromatic N) is 3. The summed E-state index contributed by atoms with van der Waals surface area (Å²) in [5.74, 6) is -0.157. The van der Waals surface area contributed by atoms with Gasteiger partial charge in [0.15, 0.2) is 5.76 Å². The zero-order valence-corrected chi connectivity index (χ0v) is 18.6. The predicted molar refractivity (Wildman–Crippen MR) is 121 cm³/mol. The molecule has 0 bridgehead atoms. The van der Waals surface area contributed by atoms with Gasteiger partial charge in [0, 0.05) is 36.5 Å². The van der Waals surface area contributed by atoms with E-state index in [1.165, 1.54) is 44.6 Å². The van der Waals surface area contributed by atoms with Gasteiger partial charge >= 0.3 is 0 Å². The van der Waals surface area contributed by atoms with Crippen molar-refractivity contribution in [3.8, 4) is 22.5 Å². The molecule has 3 aromatic rings. The van der Waals surface area contributed by atoms with E-state index in [1.54, 1.807) is 24.4 Å². The Labute approximate surface area is 191 Å². The number of carbonyl (C=O) groups excluding carboxylic acids is 1. The monoisotopic (exact) mass is 456 g/mol. The predicted octanol–water partition coefficient (Wildman–Crippen LogP) is 5.22. The Bertz CT molecular complexity index is 1100. The normalized spacial score (nSPS) is 18.2. The molecule has 0 aliphatic carbocycles. The maximum atomic E-state index is 14.5. The van der Waals surface area contributed by atoms with Crippen molar-refractivity contribution in [2.75, 3.05) is 26.2 Å². The molecule has 2 aliphatic heterocycles. The molecular formula is C24H26ClFN4O2. The minimum atomic E-state index is -0.526. The van der Waals surface area contributed by atoms with E-state index in [1.807, 2.05) is 4.90 Å². The zero-order valence-electron chi connectivity index (χ0n) is 17.8. The van der Waals surface area contributed by atoms with Crippen LogP contribution in [0.15, 0.2) is 41.2 Å². The van der Waals surface area contributed by atoms with E-state index in [9.17, 15) is 9.18 Å². The summed E-state index contributed by atoms with van der Waals surface area (Å²) in [5.41, 5.74) is 1.93. The molecule has 0 unspecified atom stereocenters. The van der Waals surface area contributed by atoms with Crippen molar-refractivity contribution in [3.05, 3.63) is 53.2 Å². The molecule has 32 heavy (non-hydrogen) atoms. The number of likely N-dealkylation sites (tertiary alicyclic amines) is 2. The van der Waals surface area contributed by atoms with E-state index in [0.29, 0.717) is 34.2 Å². The summed E-state index contributed by atoms with van der Waals surface area (Å²) in [6.45, 7) is 3.89. The summed E-state index contributed by atoms with van der Waals surface area (Å²) in [5, 5.41) is 3.88. The lowest BCUT2D eigenvalue weighted by Gasteiger charge is -2.40. The van der Waals surface area contributed by atoms with Crippen LogP contribution in [-0.4, -0.2) is 58.1 Å². The molecule has 2 aliphatic rings. The zero-order chi connectivity index (χ0) is 22.1. The molecule has 2 saturated heterocycles. The summed E-state index contributed by atoms with van der Waals surface area (Å²) in [6.07, 6.45) is 9.09. The number of nitrogens with one attached hydrogen (secondary N) is 1. The van der Waals surface area contributed by atoms with E-state index < -0.39 is 5.82 Å². The van der Waals surface area contributed by atoms with Crippen molar-refractivity contribution in [2.24, 2.45) is 0 Å². The van der Waals surface area contributed by atoms with E-state index in [0.717, 1.165) is 25.9 Å². The fourth-order valence-electron chi connectivity index (χ4n) is 4.89. The molecule has 2 aromatic heterocycles. The van der Waals surface area contributed by atoms with Crippen molar-refractivity contribution < 1.29 is 13.7 Å². The molecule has 0 radical (unpaired) electrons. The average Bonchev–Trinajstić information content (AvgIpc) is 3.51. The molecule has 1 N–H and O–H groups in total. The Balaban J connectivity index is 1.29. The number of carbonyl (C=O) groups is 1. The van der Waals surface area contributed by atoms with Crippen LogP contribution in [0.1, 0.15) is 42.6 Å².